The van der Waals surface area contributed by atoms with Crippen LogP contribution >= 0.6 is 11.8 Å². The highest BCUT2D eigenvalue weighted by Gasteiger charge is 2.35. The zero-order valence-electron chi connectivity index (χ0n) is 22.3. The minimum atomic E-state index is -0.427. The Kier molecular flexibility index (Phi) is 9.23. The molecule has 0 bridgehead atoms. The normalized spacial score (nSPS) is 13.9. The van der Waals surface area contributed by atoms with Crippen molar-refractivity contribution in [3.8, 4) is 11.5 Å². The Morgan fingerprint density at radius 3 is 2.25 bits per heavy atom. The Bertz CT molecular complexity index is 1450. The van der Waals surface area contributed by atoms with E-state index in [9.17, 15) is 19.2 Å². The van der Waals surface area contributed by atoms with Gasteiger partial charge in [0.15, 0.2) is 11.5 Å². The molecular formula is C30H28N2O7S. The minimum absolute atomic E-state index is 0.0752. The lowest BCUT2D eigenvalue weighted by Crippen LogP contribution is -2.27. The van der Waals surface area contributed by atoms with Crippen LogP contribution < -0.4 is 14.8 Å². The van der Waals surface area contributed by atoms with Gasteiger partial charge in [-0.2, -0.15) is 0 Å². The van der Waals surface area contributed by atoms with Crippen LogP contribution in [0.4, 0.5) is 10.5 Å². The van der Waals surface area contributed by atoms with Crippen LogP contribution in [-0.2, 0) is 16.1 Å². The van der Waals surface area contributed by atoms with Gasteiger partial charge in [-0.1, -0.05) is 18.2 Å². The second-order valence-electron chi connectivity index (χ2n) is 8.56. The van der Waals surface area contributed by atoms with Crippen LogP contribution in [0.3, 0.4) is 0 Å². The van der Waals surface area contributed by atoms with Crippen molar-refractivity contribution in [2.75, 3.05) is 25.6 Å². The molecule has 0 saturated carbocycles. The van der Waals surface area contributed by atoms with Gasteiger partial charge in [-0.05, 0) is 91.3 Å². The van der Waals surface area contributed by atoms with Gasteiger partial charge in [0.25, 0.3) is 17.1 Å². The lowest BCUT2D eigenvalue weighted by atomic mass is 10.1. The number of imide groups is 1. The number of ether oxygens (including phenoxy) is 3. The van der Waals surface area contributed by atoms with Gasteiger partial charge in [-0.25, -0.2) is 4.79 Å². The topological polar surface area (TPSA) is 111 Å². The van der Waals surface area contributed by atoms with Crippen molar-refractivity contribution in [1.29, 1.82) is 0 Å². The zero-order valence-corrected chi connectivity index (χ0v) is 23.1. The first-order valence-electron chi connectivity index (χ1n) is 12.6. The Balaban J connectivity index is 1.39. The van der Waals surface area contributed by atoms with Crippen molar-refractivity contribution in [3.05, 3.63) is 93.9 Å². The third-order valence-electron chi connectivity index (χ3n) is 5.87. The van der Waals surface area contributed by atoms with Gasteiger partial charge in [0.1, 0.15) is 0 Å². The number of benzene rings is 3. The summed E-state index contributed by atoms with van der Waals surface area (Å²) in [5.41, 5.74) is 2.72. The second kappa shape index (κ2) is 13.0. The van der Waals surface area contributed by atoms with E-state index in [-0.39, 0.29) is 24.3 Å². The van der Waals surface area contributed by atoms with Crippen LogP contribution in [0.15, 0.2) is 71.6 Å². The van der Waals surface area contributed by atoms with E-state index in [2.05, 4.69) is 5.32 Å². The zero-order chi connectivity index (χ0) is 28.6. The molecule has 0 atom stereocenters. The predicted octanol–water partition coefficient (Wildman–Crippen LogP) is 5.76. The van der Waals surface area contributed by atoms with Crippen molar-refractivity contribution in [1.82, 2.24) is 4.90 Å². The molecule has 1 saturated heterocycles. The fourth-order valence-corrected chi connectivity index (χ4v) is 4.73. The summed E-state index contributed by atoms with van der Waals surface area (Å²) >= 11 is 0.872. The van der Waals surface area contributed by atoms with Gasteiger partial charge >= 0.3 is 5.97 Å². The van der Waals surface area contributed by atoms with Crippen LogP contribution in [-0.4, -0.2) is 48.2 Å². The molecule has 0 spiro atoms. The number of hydrogen-bond acceptors (Lipinski definition) is 8. The first-order valence-corrected chi connectivity index (χ1v) is 13.4. The molecule has 9 nitrogen and oxygen atoms in total. The van der Waals surface area contributed by atoms with Gasteiger partial charge in [0.2, 0.25) is 0 Å². The quantitative estimate of drug-likeness (QED) is 0.246. The number of carbonyl (C=O) groups excluding carboxylic acids is 4. The van der Waals surface area contributed by atoms with Crippen LogP contribution in [0.1, 0.15) is 45.7 Å². The average molecular weight is 561 g/mol. The van der Waals surface area contributed by atoms with E-state index < -0.39 is 11.9 Å². The highest BCUT2D eigenvalue weighted by molar-refractivity contribution is 8.18. The molecule has 0 aliphatic carbocycles. The number of methoxy groups -OCH3 is 1. The molecule has 3 aromatic carbocycles. The maximum absolute atomic E-state index is 13.0. The largest absolute Gasteiger partial charge is 0.493 e. The molecule has 40 heavy (non-hydrogen) atoms. The van der Waals surface area contributed by atoms with Crippen LogP contribution in [0.2, 0.25) is 0 Å². The molecular weight excluding hydrogens is 532 g/mol. The van der Waals surface area contributed by atoms with E-state index in [0.29, 0.717) is 51.0 Å². The molecule has 4 rings (SSSR count). The maximum atomic E-state index is 13.0. The standard InChI is InChI=1S/C30H28N2O7S/c1-4-38-24-15-8-20(16-25(24)37-3)17-26-28(34)32(30(36)40-26)18-19-6-9-21(10-7-19)27(33)31-23-13-11-22(12-14-23)29(35)39-5-2/h6-17H,4-5,18H2,1-3H3,(H,31,33)/b26-17-. The summed E-state index contributed by atoms with van der Waals surface area (Å²) in [4.78, 5) is 51.5. The Labute approximate surface area is 236 Å². The number of esters is 1. The molecule has 10 heteroatoms. The van der Waals surface area contributed by atoms with E-state index in [1.807, 2.05) is 6.92 Å². The van der Waals surface area contributed by atoms with Crippen LogP contribution in [0, 0.1) is 0 Å². The summed E-state index contributed by atoms with van der Waals surface area (Å²) in [7, 11) is 1.54. The maximum Gasteiger partial charge on any atom is 0.338 e. The molecule has 0 unspecified atom stereocenters. The SMILES string of the molecule is CCOC(=O)c1ccc(NC(=O)c2ccc(CN3C(=O)S/C(=C\c4ccc(OCC)c(OC)c4)C3=O)cc2)cc1. The Morgan fingerprint density at radius 2 is 1.60 bits per heavy atom. The molecule has 1 fully saturated rings. The second-order valence-corrected chi connectivity index (χ2v) is 9.55. The summed E-state index contributed by atoms with van der Waals surface area (Å²) in [5.74, 6) is -0.0264. The van der Waals surface area contributed by atoms with Gasteiger partial charge < -0.3 is 19.5 Å². The van der Waals surface area contributed by atoms with Crippen molar-refractivity contribution in [2.24, 2.45) is 0 Å². The molecule has 1 aliphatic rings. The first-order chi connectivity index (χ1) is 19.3. The number of amides is 3. The van der Waals surface area contributed by atoms with E-state index in [4.69, 9.17) is 14.2 Å². The number of nitrogens with zero attached hydrogens (tertiary/aromatic N) is 1. The van der Waals surface area contributed by atoms with Gasteiger partial charge in [0.05, 0.1) is 37.3 Å². The van der Waals surface area contributed by atoms with Gasteiger partial charge in [-0.15, -0.1) is 0 Å². The molecule has 3 amide bonds. The van der Waals surface area contributed by atoms with E-state index in [1.165, 1.54) is 12.0 Å². The number of thioether (sulfide) groups is 1. The molecule has 3 aromatic rings. The van der Waals surface area contributed by atoms with E-state index in [0.717, 1.165) is 11.8 Å². The highest BCUT2D eigenvalue weighted by Crippen LogP contribution is 2.35. The molecule has 206 valence electrons. The monoisotopic (exact) mass is 560 g/mol. The van der Waals surface area contributed by atoms with Crippen molar-refractivity contribution in [3.63, 3.8) is 0 Å². The number of anilines is 1. The fourth-order valence-electron chi connectivity index (χ4n) is 3.89. The van der Waals surface area contributed by atoms with Crippen LogP contribution in [0.5, 0.6) is 11.5 Å². The van der Waals surface area contributed by atoms with Gasteiger partial charge in [0, 0.05) is 11.3 Å². The average Bonchev–Trinajstić information content (AvgIpc) is 3.22. The highest BCUT2D eigenvalue weighted by atomic mass is 32.2. The number of nitrogens with one attached hydrogen (secondary N) is 1. The molecule has 1 heterocycles. The van der Waals surface area contributed by atoms with Crippen LogP contribution in [0.25, 0.3) is 6.08 Å². The van der Waals surface area contributed by atoms with Crippen molar-refractivity contribution in [2.45, 2.75) is 20.4 Å². The predicted molar refractivity (Wildman–Crippen MR) is 152 cm³/mol. The van der Waals surface area contributed by atoms with Crippen molar-refractivity contribution >= 4 is 46.5 Å². The first kappa shape index (κ1) is 28.4. The summed E-state index contributed by atoms with van der Waals surface area (Å²) in [6.07, 6.45) is 1.65. The molecule has 0 aromatic heterocycles. The summed E-state index contributed by atoms with van der Waals surface area (Å²) in [6.45, 7) is 4.46. The third-order valence-corrected chi connectivity index (χ3v) is 6.78. The van der Waals surface area contributed by atoms with Gasteiger partial charge in [-0.3, -0.25) is 19.3 Å². The lowest BCUT2D eigenvalue weighted by molar-refractivity contribution is -0.123. The number of rotatable bonds is 10. The summed E-state index contributed by atoms with van der Waals surface area (Å²) in [5, 5.41) is 2.40. The Hall–Kier alpha value is -4.57. The fraction of sp³-hybridized carbons (Fsp3) is 0.200. The van der Waals surface area contributed by atoms with Crippen molar-refractivity contribution < 1.29 is 33.4 Å². The molecule has 1 N–H and O–H groups in total. The van der Waals surface area contributed by atoms with E-state index in [1.54, 1.807) is 79.7 Å². The smallest absolute Gasteiger partial charge is 0.338 e. The number of hydrogen-bond donors (Lipinski definition) is 1. The lowest BCUT2D eigenvalue weighted by Gasteiger charge is -2.13. The minimum Gasteiger partial charge on any atom is -0.493 e. The molecule has 1 aliphatic heterocycles. The summed E-state index contributed by atoms with van der Waals surface area (Å²) in [6, 6.07) is 18.3. The third kappa shape index (κ3) is 6.70. The Morgan fingerprint density at radius 1 is 0.900 bits per heavy atom. The molecule has 0 radical (unpaired) electrons. The van der Waals surface area contributed by atoms with E-state index >= 15 is 0 Å². The number of carbonyl (C=O) groups is 4. The summed E-state index contributed by atoms with van der Waals surface area (Å²) < 4.78 is 15.8.